The lowest BCUT2D eigenvalue weighted by molar-refractivity contribution is 0.414. The van der Waals surface area contributed by atoms with E-state index < -0.39 is 0 Å². The standard InChI is InChI=1S/C12H9ClN4O/c1-18-10-7-14-11(13)5-9(10)12-15-6-8-3-2-4-17(8)16-12/h2-7H,1H3. The summed E-state index contributed by atoms with van der Waals surface area (Å²) in [5.41, 5.74) is 1.64. The van der Waals surface area contributed by atoms with Crippen LogP contribution in [0.4, 0.5) is 0 Å². The number of ether oxygens (including phenoxy) is 1. The molecule has 0 saturated heterocycles. The lowest BCUT2D eigenvalue weighted by Gasteiger charge is -2.07. The van der Waals surface area contributed by atoms with Gasteiger partial charge in [0, 0.05) is 6.20 Å². The highest BCUT2D eigenvalue weighted by atomic mass is 35.5. The second-order valence-electron chi connectivity index (χ2n) is 3.67. The zero-order chi connectivity index (χ0) is 12.5. The molecule has 0 aliphatic rings. The Balaban J connectivity index is 2.21. The number of hydrogen-bond donors (Lipinski definition) is 0. The Morgan fingerprint density at radius 2 is 2.17 bits per heavy atom. The fraction of sp³-hybridized carbons (Fsp3) is 0.0833. The molecule has 3 aromatic rings. The Morgan fingerprint density at radius 3 is 3.00 bits per heavy atom. The molecular weight excluding hydrogens is 252 g/mol. The van der Waals surface area contributed by atoms with Crippen LogP contribution in [-0.2, 0) is 0 Å². The molecule has 0 aliphatic heterocycles. The summed E-state index contributed by atoms with van der Waals surface area (Å²) in [4.78, 5) is 8.27. The van der Waals surface area contributed by atoms with Gasteiger partial charge >= 0.3 is 0 Å². The topological polar surface area (TPSA) is 52.3 Å². The molecule has 0 atom stereocenters. The molecule has 6 heteroatoms. The Labute approximate surface area is 108 Å². The van der Waals surface area contributed by atoms with Gasteiger partial charge < -0.3 is 4.74 Å². The number of halogens is 1. The van der Waals surface area contributed by atoms with Crippen LogP contribution in [0.25, 0.3) is 16.9 Å². The van der Waals surface area contributed by atoms with Crippen LogP contribution in [0.3, 0.4) is 0 Å². The van der Waals surface area contributed by atoms with Gasteiger partial charge in [-0.1, -0.05) is 11.6 Å². The molecule has 0 radical (unpaired) electrons. The molecule has 0 saturated carbocycles. The number of hydrogen-bond acceptors (Lipinski definition) is 4. The van der Waals surface area contributed by atoms with Crippen molar-refractivity contribution >= 4 is 17.1 Å². The Bertz CT molecular complexity index is 710. The fourth-order valence-corrected chi connectivity index (χ4v) is 1.87. The van der Waals surface area contributed by atoms with Crippen molar-refractivity contribution in [1.82, 2.24) is 19.6 Å². The number of aromatic nitrogens is 4. The first-order valence-electron chi connectivity index (χ1n) is 5.28. The average Bonchev–Trinajstić information content (AvgIpc) is 2.85. The SMILES string of the molecule is COc1cnc(Cl)cc1-c1ncc2cccn2n1. The molecule has 5 nitrogen and oxygen atoms in total. The van der Waals surface area contributed by atoms with E-state index >= 15 is 0 Å². The van der Waals surface area contributed by atoms with Crippen molar-refractivity contribution in [2.24, 2.45) is 0 Å². The molecule has 18 heavy (non-hydrogen) atoms. The van der Waals surface area contributed by atoms with Gasteiger partial charge in [-0.3, -0.25) is 0 Å². The molecule has 0 aliphatic carbocycles. The first-order valence-corrected chi connectivity index (χ1v) is 5.66. The highest BCUT2D eigenvalue weighted by Crippen LogP contribution is 2.28. The van der Waals surface area contributed by atoms with Crippen LogP contribution >= 0.6 is 11.6 Å². The fourth-order valence-electron chi connectivity index (χ4n) is 1.71. The van der Waals surface area contributed by atoms with Crippen molar-refractivity contribution < 1.29 is 4.74 Å². The predicted octanol–water partition coefficient (Wildman–Crippen LogP) is 2.45. The summed E-state index contributed by atoms with van der Waals surface area (Å²) in [6.07, 6.45) is 5.16. The van der Waals surface area contributed by atoms with E-state index in [9.17, 15) is 0 Å². The van der Waals surface area contributed by atoms with Crippen molar-refractivity contribution in [1.29, 1.82) is 0 Å². The molecule has 3 rings (SSSR count). The molecule has 3 aromatic heterocycles. The van der Waals surface area contributed by atoms with Crippen molar-refractivity contribution in [3.63, 3.8) is 0 Å². The summed E-state index contributed by atoms with van der Waals surface area (Å²) in [5.74, 6) is 1.13. The molecule has 3 heterocycles. The van der Waals surface area contributed by atoms with E-state index in [4.69, 9.17) is 16.3 Å². The number of rotatable bonds is 2. The highest BCUT2D eigenvalue weighted by Gasteiger charge is 2.11. The zero-order valence-electron chi connectivity index (χ0n) is 9.54. The van der Waals surface area contributed by atoms with Crippen molar-refractivity contribution in [3.05, 3.63) is 41.9 Å². The van der Waals surface area contributed by atoms with E-state index in [0.717, 1.165) is 5.52 Å². The molecule has 0 aromatic carbocycles. The van der Waals surface area contributed by atoms with E-state index in [1.165, 1.54) is 0 Å². The summed E-state index contributed by atoms with van der Waals surface area (Å²) in [6, 6.07) is 5.52. The summed E-state index contributed by atoms with van der Waals surface area (Å²) >= 11 is 5.89. The van der Waals surface area contributed by atoms with Gasteiger partial charge in [-0.15, -0.1) is 5.10 Å². The maximum Gasteiger partial charge on any atom is 0.183 e. The Morgan fingerprint density at radius 1 is 1.28 bits per heavy atom. The monoisotopic (exact) mass is 260 g/mol. The van der Waals surface area contributed by atoms with Gasteiger partial charge in [-0.2, -0.15) is 0 Å². The molecule has 0 bridgehead atoms. The van der Waals surface area contributed by atoms with E-state index in [2.05, 4.69) is 15.1 Å². The minimum absolute atomic E-state index is 0.377. The number of methoxy groups -OCH3 is 1. The zero-order valence-corrected chi connectivity index (χ0v) is 10.3. The third-order valence-electron chi connectivity index (χ3n) is 2.58. The molecule has 0 fully saturated rings. The van der Waals surface area contributed by atoms with Crippen LogP contribution in [0.5, 0.6) is 5.75 Å². The molecule has 0 amide bonds. The van der Waals surface area contributed by atoms with Gasteiger partial charge in [0.1, 0.15) is 10.9 Å². The van der Waals surface area contributed by atoms with Crippen LogP contribution in [0.1, 0.15) is 0 Å². The molecule has 0 spiro atoms. The van der Waals surface area contributed by atoms with Crippen LogP contribution in [0.2, 0.25) is 5.15 Å². The number of fused-ring (bicyclic) bond motifs is 1. The maximum atomic E-state index is 5.89. The second kappa shape index (κ2) is 4.27. The number of pyridine rings is 1. The second-order valence-corrected chi connectivity index (χ2v) is 4.05. The summed E-state index contributed by atoms with van der Waals surface area (Å²) in [6.45, 7) is 0. The van der Waals surface area contributed by atoms with E-state index in [1.54, 1.807) is 30.1 Å². The smallest absolute Gasteiger partial charge is 0.183 e. The number of nitrogens with zero attached hydrogens (tertiary/aromatic N) is 4. The van der Waals surface area contributed by atoms with Gasteiger partial charge in [0.05, 0.1) is 30.6 Å². The van der Waals surface area contributed by atoms with Crippen molar-refractivity contribution in [2.45, 2.75) is 0 Å². The molecule has 90 valence electrons. The quantitative estimate of drug-likeness (QED) is 0.664. The summed E-state index contributed by atoms with van der Waals surface area (Å²) < 4.78 is 6.98. The molecular formula is C12H9ClN4O. The van der Waals surface area contributed by atoms with Gasteiger partial charge in [0.25, 0.3) is 0 Å². The van der Waals surface area contributed by atoms with Gasteiger partial charge in [-0.25, -0.2) is 14.5 Å². The lowest BCUT2D eigenvalue weighted by Crippen LogP contribution is -1.98. The Kier molecular flexibility index (Phi) is 2.60. The third-order valence-corrected chi connectivity index (χ3v) is 2.78. The first kappa shape index (κ1) is 11.0. The van der Waals surface area contributed by atoms with Gasteiger partial charge in [0.2, 0.25) is 0 Å². The van der Waals surface area contributed by atoms with Crippen LogP contribution in [-0.4, -0.2) is 26.7 Å². The van der Waals surface area contributed by atoms with Crippen LogP contribution in [0, 0.1) is 0 Å². The predicted molar refractivity (Wildman–Crippen MR) is 67.8 cm³/mol. The van der Waals surface area contributed by atoms with Gasteiger partial charge in [-0.05, 0) is 18.2 Å². The van der Waals surface area contributed by atoms with Crippen LogP contribution < -0.4 is 4.74 Å². The summed E-state index contributed by atoms with van der Waals surface area (Å²) in [5, 5.41) is 4.77. The minimum Gasteiger partial charge on any atom is -0.494 e. The normalized spacial score (nSPS) is 10.8. The minimum atomic E-state index is 0.377. The third kappa shape index (κ3) is 1.78. The molecule has 0 N–H and O–H groups in total. The maximum absolute atomic E-state index is 5.89. The van der Waals surface area contributed by atoms with Crippen molar-refractivity contribution in [2.75, 3.05) is 7.11 Å². The lowest BCUT2D eigenvalue weighted by atomic mass is 10.2. The highest BCUT2D eigenvalue weighted by molar-refractivity contribution is 6.29. The Hall–Kier alpha value is -2.14. The van der Waals surface area contributed by atoms with E-state index in [0.29, 0.717) is 22.3 Å². The van der Waals surface area contributed by atoms with Crippen LogP contribution in [0.15, 0.2) is 36.8 Å². The van der Waals surface area contributed by atoms with Crippen molar-refractivity contribution in [3.8, 4) is 17.1 Å². The van der Waals surface area contributed by atoms with E-state index in [-0.39, 0.29) is 0 Å². The summed E-state index contributed by atoms with van der Waals surface area (Å²) in [7, 11) is 1.57. The average molecular weight is 261 g/mol. The van der Waals surface area contributed by atoms with Gasteiger partial charge in [0.15, 0.2) is 5.82 Å². The molecule has 0 unspecified atom stereocenters. The first-order chi connectivity index (χ1) is 8.78. The largest absolute Gasteiger partial charge is 0.494 e. The van der Waals surface area contributed by atoms with E-state index in [1.807, 2.05) is 18.3 Å².